The fourth-order valence-corrected chi connectivity index (χ4v) is 8.47. The van der Waals surface area contributed by atoms with Crippen LogP contribution >= 0.6 is 0 Å². The topological polar surface area (TPSA) is 33.5 Å². The van der Waals surface area contributed by atoms with Crippen LogP contribution in [-0.4, -0.2) is 9.55 Å². The normalized spacial score (nSPS) is 13.4. The first-order chi connectivity index (χ1) is 29.7. The predicted molar refractivity (Wildman–Crippen MR) is 264 cm³/mol. The van der Waals surface area contributed by atoms with Gasteiger partial charge in [-0.25, -0.2) is 4.98 Å². The summed E-state index contributed by atoms with van der Waals surface area (Å²) in [6.45, 7) is 29.4. The van der Waals surface area contributed by atoms with Gasteiger partial charge in [-0.3, -0.25) is 0 Å². The van der Waals surface area contributed by atoms with Gasteiger partial charge in [0.05, 0.1) is 0 Å². The molecule has 0 fully saturated rings. The number of anilines is 4. The monoisotopic (exact) mass is 1020 g/mol. The van der Waals surface area contributed by atoms with Crippen LogP contribution in [0, 0.1) is 18.8 Å². The summed E-state index contributed by atoms with van der Waals surface area (Å²) in [5.41, 5.74) is 13.7. The number of para-hydroxylation sites is 1. The molecule has 0 amide bonds. The zero-order valence-corrected chi connectivity index (χ0v) is 41.6. The van der Waals surface area contributed by atoms with Gasteiger partial charge in [-0.05, 0) is 103 Å². The molecule has 5 nitrogen and oxygen atoms in total. The van der Waals surface area contributed by atoms with Gasteiger partial charge >= 0.3 is 0 Å². The first-order valence-corrected chi connectivity index (χ1v) is 22.2. The van der Waals surface area contributed by atoms with Crippen LogP contribution < -0.4 is 14.5 Å². The Kier molecular flexibility index (Phi) is 11.5. The van der Waals surface area contributed by atoms with Crippen molar-refractivity contribution >= 4 is 44.6 Å². The molecule has 1 aliphatic heterocycles. The van der Waals surface area contributed by atoms with Crippen molar-refractivity contribution in [3.63, 3.8) is 0 Å². The van der Waals surface area contributed by atoms with Crippen LogP contribution in [0.25, 0.3) is 38.8 Å². The van der Waals surface area contributed by atoms with E-state index in [0.29, 0.717) is 11.5 Å². The fraction of sp³-hybridized carbons (Fsp3) is 0.276. The van der Waals surface area contributed by atoms with Gasteiger partial charge in [0.25, 0.3) is 0 Å². The van der Waals surface area contributed by atoms with E-state index in [1.165, 1.54) is 33.4 Å². The molecule has 0 radical (unpaired) electrons. The number of ether oxygens (including phenoxy) is 1. The van der Waals surface area contributed by atoms with Crippen molar-refractivity contribution in [2.75, 3.05) is 9.80 Å². The van der Waals surface area contributed by atoms with Gasteiger partial charge < -0.3 is 19.1 Å². The van der Waals surface area contributed by atoms with Crippen LogP contribution in [0.5, 0.6) is 11.5 Å². The summed E-state index contributed by atoms with van der Waals surface area (Å²) >= 11 is 0. The molecule has 0 spiro atoms. The zero-order valence-electron chi connectivity index (χ0n) is 39.3. The maximum absolute atomic E-state index is 6.66. The third-order valence-corrected chi connectivity index (χ3v) is 12.4. The van der Waals surface area contributed by atoms with E-state index in [0.717, 1.165) is 50.4 Å². The molecule has 8 aromatic rings. The van der Waals surface area contributed by atoms with E-state index in [1.807, 2.05) is 24.4 Å². The van der Waals surface area contributed by atoms with Gasteiger partial charge in [0, 0.05) is 61.3 Å². The Morgan fingerprint density at radius 3 is 1.86 bits per heavy atom. The van der Waals surface area contributed by atoms with Crippen LogP contribution in [0.4, 0.5) is 22.7 Å². The summed E-state index contributed by atoms with van der Waals surface area (Å²) in [4.78, 5) is 9.44. The minimum Gasteiger partial charge on any atom is -0.509 e. The summed E-state index contributed by atoms with van der Waals surface area (Å²) in [6, 6.07) is 53.3. The summed E-state index contributed by atoms with van der Waals surface area (Å²) in [7, 11) is 0. The standard InChI is InChI=1S/C58H59N4O.Pt/c1-55(2,3)40-22-20-38(21-23-40)39-30-43(58(10,11)12)32-45(31-39)61-37-60(51-27-24-41(33-53(51)61)56(4,5)6)44-16-15-17-46(35-44)63-47-25-26-49-48-18-13-14-19-50(48)62(52(49)36-47)54-34-42(28-29-59-54)57(7,8)9;/h13-34,37H,1-12H3;/q-3;. The molecule has 64 heavy (non-hydrogen) atoms. The molecular formula is C58H59N4OPt-3. The minimum atomic E-state index is -0.0631. The second kappa shape index (κ2) is 16.4. The Hall–Kier alpha value is -5.64. The molecule has 6 heteroatoms. The van der Waals surface area contributed by atoms with E-state index in [2.05, 4.69) is 225 Å². The van der Waals surface area contributed by atoms with Crippen molar-refractivity contribution in [3.8, 4) is 28.4 Å². The average Bonchev–Trinajstić information content (AvgIpc) is 3.78. The number of pyridine rings is 1. The molecular weight excluding hydrogens is 964 g/mol. The van der Waals surface area contributed by atoms with Gasteiger partial charge in [-0.2, -0.15) is 12.1 Å². The van der Waals surface area contributed by atoms with E-state index in [-0.39, 0.29) is 42.7 Å². The molecule has 3 heterocycles. The third-order valence-electron chi connectivity index (χ3n) is 12.4. The van der Waals surface area contributed by atoms with Crippen molar-refractivity contribution in [1.82, 2.24) is 9.55 Å². The van der Waals surface area contributed by atoms with E-state index in [1.54, 1.807) is 0 Å². The number of benzene rings is 6. The number of aromatic nitrogens is 2. The Morgan fingerprint density at radius 2 is 1.16 bits per heavy atom. The Bertz CT molecular complexity index is 3010. The van der Waals surface area contributed by atoms with Crippen LogP contribution in [0.15, 0.2) is 134 Å². The molecule has 0 atom stereocenters. The van der Waals surface area contributed by atoms with Gasteiger partial charge in [0.2, 0.25) is 0 Å². The van der Waals surface area contributed by atoms with E-state index in [9.17, 15) is 0 Å². The van der Waals surface area contributed by atoms with E-state index in [4.69, 9.17) is 9.72 Å². The van der Waals surface area contributed by atoms with Gasteiger partial charge in [-0.15, -0.1) is 48.1 Å². The molecule has 0 saturated heterocycles. The van der Waals surface area contributed by atoms with Crippen molar-refractivity contribution in [3.05, 3.63) is 175 Å². The van der Waals surface area contributed by atoms with Crippen molar-refractivity contribution in [1.29, 1.82) is 0 Å². The second-order valence-corrected chi connectivity index (χ2v) is 21.2. The smallest absolute Gasteiger partial charge is 0.135 e. The molecule has 330 valence electrons. The second-order valence-electron chi connectivity index (χ2n) is 21.2. The molecule has 0 unspecified atom stereocenters. The number of hydrogen-bond acceptors (Lipinski definition) is 4. The van der Waals surface area contributed by atoms with Gasteiger partial charge in [0.15, 0.2) is 0 Å². The molecule has 1 aliphatic rings. The van der Waals surface area contributed by atoms with Crippen LogP contribution in [0.1, 0.15) is 105 Å². The molecule has 0 aliphatic carbocycles. The summed E-state index contributed by atoms with van der Waals surface area (Å²) in [6.07, 6.45) is 1.90. The molecule has 0 saturated carbocycles. The molecule has 9 rings (SSSR count). The van der Waals surface area contributed by atoms with Crippen molar-refractivity contribution in [2.45, 2.75) is 105 Å². The number of hydrogen-bond donors (Lipinski definition) is 0. The molecule has 6 aromatic carbocycles. The molecule has 2 aromatic heterocycles. The third kappa shape index (κ3) is 8.64. The summed E-state index contributed by atoms with van der Waals surface area (Å²) in [5, 5.41) is 2.24. The van der Waals surface area contributed by atoms with Crippen LogP contribution in [0.3, 0.4) is 0 Å². The summed E-state index contributed by atoms with van der Waals surface area (Å²) in [5.74, 6) is 2.07. The van der Waals surface area contributed by atoms with E-state index >= 15 is 0 Å². The first kappa shape index (κ1) is 44.9. The fourth-order valence-electron chi connectivity index (χ4n) is 8.47. The zero-order chi connectivity index (χ0) is 44.6. The number of fused-ring (bicyclic) bond motifs is 4. The maximum Gasteiger partial charge on any atom is 0.135 e. The predicted octanol–water partition coefficient (Wildman–Crippen LogP) is 15.8. The molecule has 0 bridgehead atoms. The largest absolute Gasteiger partial charge is 0.509 e. The molecule has 0 N–H and O–H groups in total. The number of nitrogens with zero attached hydrogens (tertiary/aromatic N) is 4. The Labute approximate surface area is 395 Å². The minimum absolute atomic E-state index is 0. The quantitative estimate of drug-likeness (QED) is 0.155. The Balaban J connectivity index is 0.00000560. The first-order valence-electron chi connectivity index (χ1n) is 22.2. The van der Waals surface area contributed by atoms with E-state index < -0.39 is 0 Å². The average molecular weight is 1020 g/mol. The maximum atomic E-state index is 6.66. The van der Waals surface area contributed by atoms with Crippen molar-refractivity contribution < 1.29 is 25.8 Å². The Morgan fingerprint density at radius 1 is 0.500 bits per heavy atom. The van der Waals surface area contributed by atoms with Crippen LogP contribution in [0.2, 0.25) is 0 Å². The van der Waals surface area contributed by atoms with Gasteiger partial charge in [0.1, 0.15) is 5.82 Å². The van der Waals surface area contributed by atoms with Crippen LogP contribution in [-0.2, 0) is 42.7 Å². The van der Waals surface area contributed by atoms with Gasteiger partial charge in [-0.1, -0.05) is 143 Å². The SMILES string of the molecule is CC(C)(C)c1ccc(-c2cc(N3[CH-]N(c4[c-]c(Oc5[c-]c6c(cc5)c5ccccc5n6-c5cc(C(C)(C)C)ccn5)ccc4)c4ccc(C(C)(C)C)cc43)cc(C(C)(C)C)c2)cc1.[Pt]. The van der Waals surface area contributed by atoms with Crippen molar-refractivity contribution in [2.24, 2.45) is 0 Å². The summed E-state index contributed by atoms with van der Waals surface area (Å²) < 4.78 is 8.86. The number of rotatable bonds is 6.